The molecule has 1 amide bonds. The fraction of sp³-hybridized carbons (Fsp3) is 0.368. The van der Waals surface area contributed by atoms with Crippen molar-refractivity contribution in [1.29, 1.82) is 0 Å². The third-order valence-electron chi connectivity index (χ3n) is 4.98. The molecule has 3 aromatic rings. The molecule has 0 unspecified atom stereocenters. The molecule has 0 bridgehead atoms. The second kappa shape index (κ2) is 6.37. The summed E-state index contributed by atoms with van der Waals surface area (Å²) >= 11 is 0. The lowest BCUT2D eigenvalue weighted by atomic mass is 10.0. The number of hydrogen-bond acceptors (Lipinski definition) is 3. The van der Waals surface area contributed by atoms with Crippen molar-refractivity contribution in [3.63, 3.8) is 0 Å². The number of carbonyl (C=O) groups is 1. The number of amides is 1. The number of nitrogens with zero attached hydrogens (tertiary/aromatic N) is 3. The third kappa shape index (κ3) is 3.17. The van der Waals surface area contributed by atoms with E-state index in [1.165, 1.54) is 0 Å². The minimum Gasteiger partial charge on any atom is -0.391 e. The molecule has 1 aliphatic heterocycles. The van der Waals surface area contributed by atoms with E-state index in [-0.39, 0.29) is 11.8 Å². The molecule has 1 fully saturated rings. The van der Waals surface area contributed by atoms with Crippen LogP contribution in [0, 0.1) is 12.8 Å². The molecule has 0 saturated carbocycles. The molecule has 130 valence electrons. The van der Waals surface area contributed by atoms with Crippen LogP contribution in [-0.4, -0.2) is 49.9 Å². The first-order valence-corrected chi connectivity index (χ1v) is 8.61. The summed E-state index contributed by atoms with van der Waals surface area (Å²) in [4.78, 5) is 14.4. The van der Waals surface area contributed by atoms with Crippen LogP contribution in [0.25, 0.3) is 10.9 Å². The zero-order valence-corrected chi connectivity index (χ0v) is 14.2. The number of aliphatic hydroxyl groups excluding tert-OH is 1. The number of likely N-dealkylation sites (tertiary alicyclic amines) is 1. The number of aromatic amines is 1. The Morgan fingerprint density at radius 3 is 2.96 bits per heavy atom. The molecule has 2 atom stereocenters. The number of benzene rings is 1. The number of hydrogen-bond donors (Lipinski definition) is 2. The lowest BCUT2D eigenvalue weighted by Crippen LogP contribution is -2.32. The zero-order valence-electron chi connectivity index (χ0n) is 14.2. The maximum atomic E-state index is 12.7. The second-order valence-corrected chi connectivity index (χ2v) is 6.88. The Hall–Kier alpha value is -2.60. The summed E-state index contributed by atoms with van der Waals surface area (Å²) in [5, 5.41) is 18.6. The van der Waals surface area contributed by atoms with Crippen LogP contribution in [0.15, 0.2) is 42.6 Å². The molecular weight excluding hydrogens is 316 g/mol. The molecule has 6 heteroatoms. The molecule has 6 nitrogen and oxygen atoms in total. The number of rotatable bonds is 4. The lowest BCUT2D eigenvalue weighted by molar-refractivity contribution is -0.131. The maximum absolute atomic E-state index is 12.7. The number of carbonyl (C=O) groups excluding carboxylic acids is 1. The highest BCUT2D eigenvalue weighted by Crippen LogP contribution is 2.22. The summed E-state index contributed by atoms with van der Waals surface area (Å²) in [6, 6.07) is 12.0. The molecule has 2 aromatic heterocycles. The van der Waals surface area contributed by atoms with E-state index in [4.69, 9.17) is 0 Å². The lowest BCUT2D eigenvalue weighted by Gasteiger charge is -2.17. The average Bonchev–Trinajstić information content (AvgIpc) is 3.29. The molecule has 0 spiro atoms. The van der Waals surface area contributed by atoms with E-state index in [1.54, 1.807) is 4.90 Å². The second-order valence-electron chi connectivity index (χ2n) is 6.88. The van der Waals surface area contributed by atoms with Crippen LogP contribution in [0.1, 0.15) is 11.4 Å². The quantitative estimate of drug-likeness (QED) is 0.761. The molecule has 0 aliphatic carbocycles. The molecule has 2 N–H and O–H groups in total. The van der Waals surface area contributed by atoms with Crippen LogP contribution in [0.5, 0.6) is 0 Å². The predicted octanol–water partition coefficient (Wildman–Crippen LogP) is 1.73. The minimum atomic E-state index is -0.498. The van der Waals surface area contributed by atoms with Gasteiger partial charge < -0.3 is 14.6 Å². The molecule has 3 heterocycles. The largest absolute Gasteiger partial charge is 0.391 e. The normalized spacial score (nSPS) is 20.5. The number of aliphatic hydroxyl groups is 1. The van der Waals surface area contributed by atoms with Crippen molar-refractivity contribution in [3.8, 4) is 0 Å². The number of fused-ring (bicyclic) bond motifs is 1. The van der Waals surface area contributed by atoms with E-state index in [0.29, 0.717) is 26.1 Å². The van der Waals surface area contributed by atoms with Gasteiger partial charge in [0.15, 0.2) is 0 Å². The van der Waals surface area contributed by atoms with E-state index in [0.717, 1.165) is 22.3 Å². The van der Waals surface area contributed by atoms with E-state index in [1.807, 2.05) is 54.1 Å². The van der Waals surface area contributed by atoms with Gasteiger partial charge in [-0.2, -0.15) is 5.10 Å². The van der Waals surface area contributed by atoms with Crippen molar-refractivity contribution in [2.75, 3.05) is 13.1 Å². The van der Waals surface area contributed by atoms with Gasteiger partial charge in [0, 0.05) is 36.4 Å². The van der Waals surface area contributed by atoms with Gasteiger partial charge in [0.1, 0.15) is 6.54 Å². The highest BCUT2D eigenvalue weighted by Gasteiger charge is 2.34. The van der Waals surface area contributed by atoms with Crippen LogP contribution < -0.4 is 0 Å². The Morgan fingerprint density at radius 1 is 1.32 bits per heavy atom. The molecule has 1 aliphatic rings. The standard InChI is InChI=1S/C19H22N4O2/c1-13-8-16(21-20-13)9-15-10-23(11-18(15)24)19(25)12-22-7-6-14-4-2-3-5-17(14)22/h2-8,15,18,24H,9-12H2,1H3,(H,20,21)/t15-,18+/m1/s1. The first-order chi connectivity index (χ1) is 12.1. The fourth-order valence-electron chi connectivity index (χ4n) is 3.63. The Kier molecular flexibility index (Phi) is 4.05. The van der Waals surface area contributed by atoms with Crippen molar-refractivity contribution < 1.29 is 9.90 Å². The average molecular weight is 338 g/mol. The van der Waals surface area contributed by atoms with Gasteiger partial charge in [0.05, 0.1) is 11.8 Å². The monoisotopic (exact) mass is 338 g/mol. The summed E-state index contributed by atoms with van der Waals surface area (Å²) in [5.74, 6) is 0.0779. The van der Waals surface area contributed by atoms with Crippen molar-refractivity contribution in [1.82, 2.24) is 19.7 Å². The minimum absolute atomic E-state index is 0.0352. The number of β-amino-alcohol motifs (C(OH)–C–C–N with tert-alkyl or cyclic N) is 1. The topological polar surface area (TPSA) is 74.2 Å². The number of H-pyrrole nitrogens is 1. The van der Waals surface area contributed by atoms with Crippen LogP contribution in [-0.2, 0) is 17.8 Å². The van der Waals surface area contributed by atoms with Crippen molar-refractivity contribution in [2.45, 2.75) is 26.0 Å². The van der Waals surface area contributed by atoms with Crippen LogP contribution in [0.4, 0.5) is 0 Å². The highest BCUT2D eigenvalue weighted by molar-refractivity contribution is 5.83. The van der Waals surface area contributed by atoms with E-state index in [2.05, 4.69) is 10.2 Å². The van der Waals surface area contributed by atoms with Gasteiger partial charge in [-0.15, -0.1) is 0 Å². The van der Waals surface area contributed by atoms with Crippen molar-refractivity contribution >= 4 is 16.8 Å². The zero-order chi connectivity index (χ0) is 17.4. The first-order valence-electron chi connectivity index (χ1n) is 8.61. The summed E-state index contributed by atoms with van der Waals surface area (Å²) in [7, 11) is 0. The Bertz CT molecular complexity index is 898. The number of aromatic nitrogens is 3. The van der Waals surface area contributed by atoms with Gasteiger partial charge in [0.25, 0.3) is 0 Å². The van der Waals surface area contributed by atoms with Crippen LogP contribution in [0.2, 0.25) is 0 Å². The van der Waals surface area contributed by atoms with Gasteiger partial charge in [-0.05, 0) is 36.9 Å². The summed E-state index contributed by atoms with van der Waals surface area (Å²) in [5.41, 5.74) is 3.00. The van der Waals surface area contributed by atoms with E-state index < -0.39 is 6.10 Å². The molecule has 4 rings (SSSR count). The van der Waals surface area contributed by atoms with Crippen molar-refractivity contribution in [2.24, 2.45) is 5.92 Å². The molecule has 1 aromatic carbocycles. The Morgan fingerprint density at radius 2 is 2.16 bits per heavy atom. The molecule has 25 heavy (non-hydrogen) atoms. The van der Waals surface area contributed by atoms with Crippen LogP contribution >= 0.6 is 0 Å². The first kappa shape index (κ1) is 15.9. The van der Waals surface area contributed by atoms with Gasteiger partial charge >= 0.3 is 0 Å². The fourth-order valence-corrected chi connectivity index (χ4v) is 3.63. The maximum Gasteiger partial charge on any atom is 0.242 e. The van der Waals surface area contributed by atoms with Gasteiger partial charge in [-0.1, -0.05) is 18.2 Å². The van der Waals surface area contributed by atoms with E-state index >= 15 is 0 Å². The predicted molar refractivity (Wildman–Crippen MR) is 95.0 cm³/mol. The summed E-state index contributed by atoms with van der Waals surface area (Å²) < 4.78 is 1.97. The van der Waals surface area contributed by atoms with Crippen LogP contribution in [0.3, 0.4) is 0 Å². The van der Waals surface area contributed by atoms with E-state index in [9.17, 15) is 9.90 Å². The van der Waals surface area contributed by atoms with Gasteiger partial charge in [-0.25, -0.2) is 0 Å². The summed E-state index contributed by atoms with van der Waals surface area (Å²) in [6.45, 7) is 3.23. The number of para-hydroxylation sites is 1. The molecule has 1 saturated heterocycles. The third-order valence-corrected chi connectivity index (χ3v) is 4.98. The summed E-state index contributed by atoms with van der Waals surface area (Å²) in [6.07, 6.45) is 2.13. The molecular formula is C19H22N4O2. The molecule has 0 radical (unpaired) electrons. The Balaban J connectivity index is 1.42. The van der Waals surface area contributed by atoms with Gasteiger partial charge in [-0.3, -0.25) is 9.89 Å². The van der Waals surface area contributed by atoms with Crippen molar-refractivity contribution in [3.05, 3.63) is 54.0 Å². The number of nitrogens with one attached hydrogen (secondary N) is 1. The Labute approximate surface area is 146 Å². The number of aryl methyl sites for hydroxylation is 1. The SMILES string of the molecule is Cc1cc(C[C@@H]2CN(C(=O)Cn3ccc4ccccc43)C[C@@H]2O)n[nH]1. The highest BCUT2D eigenvalue weighted by atomic mass is 16.3. The smallest absolute Gasteiger partial charge is 0.242 e. The van der Waals surface area contributed by atoms with Gasteiger partial charge in [0.2, 0.25) is 5.91 Å².